The number of aliphatic hydroxyl groups excluding tert-OH is 1. The Morgan fingerprint density at radius 1 is 1.71 bits per heavy atom. The third-order valence-electron chi connectivity index (χ3n) is 1.97. The number of nitrogens with zero attached hydrogens (tertiary/aromatic N) is 1. The molecule has 1 atom stereocenters. The van der Waals surface area contributed by atoms with E-state index in [1.807, 2.05) is 6.92 Å². The fourth-order valence-electron chi connectivity index (χ4n) is 1.25. The van der Waals surface area contributed by atoms with Crippen LogP contribution in [-0.2, 0) is 9.59 Å². The van der Waals surface area contributed by atoms with Crippen molar-refractivity contribution in [2.45, 2.75) is 19.6 Å². The van der Waals surface area contributed by atoms with Crippen molar-refractivity contribution in [3.63, 3.8) is 0 Å². The molecule has 5 heteroatoms. The summed E-state index contributed by atoms with van der Waals surface area (Å²) in [6.07, 6.45) is 2.05. The SMILES string of the molecule is CCNC(=O)CCN1C(=O)C=CC1O. The van der Waals surface area contributed by atoms with Gasteiger partial charge in [0.05, 0.1) is 0 Å². The monoisotopic (exact) mass is 198 g/mol. The number of carbonyl (C=O) groups is 2. The first-order valence-corrected chi connectivity index (χ1v) is 4.58. The Bertz CT molecular complexity index is 263. The Morgan fingerprint density at radius 3 is 2.93 bits per heavy atom. The largest absolute Gasteiger partial charge is 0.370 e. The van der Waals surface area contributed by atoms with Gasteiger partial charge in [0.25, 0.3) is 0 Å². The molecule has 2 amide bonds. The number of amides is 2. The molecule has 2 N–H and O–H groups in total. The summed E-state index contributed by atoms with van der Waals surface area (Å²) in [5, 5.41) is 11.9. The average Bonchev–Trinajstić information content (AvgIpc) is 2.44. The van der Waals surface area contributed by atoms with Crippen molar-refractivity contribution >= 4 is 11.8 Å². The minimum absolute atomic E-state index is 0.112. The van der Waals surface area contributed by atoms with Crippen molar-refractivity contribution in [3.8, 4) is 0 Å². The van der Waals surface area contributed by atoms with E-state index in [0.717, 1.165) is 0 Å². The van der Waals surface area contributed by atoms with E-state index >= 15 is 0 Å². The van der Waals surface area contributed by atoms with Gasteiger partial charge in [-0.1, -0.05) is 0 Å². The van der Waals surface area contributed by atoms with Crippen molar-refractivity contribution in [2.75, 3.05) is 13.1 Å². The van der Waals surface area contributed by atoms with Crippen molar-refractivity contribution < 1.29 is 14.7 Å². The van der Waals surface area contributed by atoms with E-state index in [9.17, 15) is 14.7 Å². The first kappa shape index (κ1) is 10.7. The Balaban J connectivity index is 2.31. The van der Waals surface area contributed by atoms with E-state index in [1.165, 1.54) is 17.1 Å². The Hall–Kier alpha value is -1.36. The van der Waals surface area contributed by atoms with Gasteiger partial charge >= 0.3 is 0 Å². The summed E-state index contributed by atoms with van der Waals surface area (Å²) in [6, 6.07) is 0. The van der Waals surface area contributed by atoms with Gasteiger partial charge in [0, 0.05) is 25.6 Å². The summed E-state index contributed by atoms with van der Waals surface area (Å²) >= 11 is 0. The summed E-state index contributed by atoms with van der Waals surface area (Å²) in [5.74, 6) is -0.360. The van der Waals surface area contributed by atoms with Crippen LogP contribution >= 0.6 is 0 Å². The van der Waals surface area contributed by atoms with Crippen LogP contribution < -0.4 is 5.32 Å². The summed E-state index contributed by atoms with van der Waals surface area (Å²) in [7, 11) is 0. The molecule has 0 saturated carbocycles. The number of hydrogen-bond acceptors (Lipinski definition) is 3. The van der Waals surface area contributed by atoms with Gasteiger partial charge in [-0.15, -0.1) is 0 Å². The topological polar surface area (TPSA) is 69.6 Å². The van der Waals surface area contributed by atoms with Crippen LogP contribution in [0.1, 0.15) is 13.3 Å². The first-order chi connectivity index (χ1) is 6.65. The molecular weight excluding hydrogens is 184 g/mol. The molecule has 0 aliphatic carbocycles. The second-order valence-corrected chi connectivity index (χ2v) is 3.01. The van der Waals surface area contributed by atoms with Crippen molar-refractivity contribution in [3.05, 3.63) is 12.2 Å². The van der Waals surface area contributed by atoms with E-state index in [1.54, 1.807) is 0 Å². The van der Waals surface area contributed by atoms with Gasteiger partial charge in [0.15, 0.2) is 0 Å². The molecule has 0 aromatic rings. The maximum Gasteiger partial charge on any atom is 0.248 e. The minimum atomic E-state index is -0.878. The lowest BCUT2D eigenvalue weighted by Crippen LogP contribution is -2.37. The molecular formula is C9H14N2O3. The zero-order valence-electron chi connectivity index (χ0n) is 8.06. The predicted molar refractivity (Wildman–Crippen MR) is 50.2 cm³/mol. The Labute approximate surface area is 82.4 Å². The molecule has 0 bridgehead atoms. The minimum Gasteiger partial charge on any atom is -0.370 e. The van der Waals surface area contributed by atoms with E-state index in [4.69, 9.17) is 0 Å². The van der Waals surface area contributed by atoms with Crippen LogP contribution in [0.2, 0.25) is 0 Å². The van der Waals surface area contributed by atoms with Crippen LogP contribution in [0.25, 0.3) is 0 Å². The van der Waals surface area contributed by atoms with Gasteiger partial charge in [-0.05, 0) is 13.0 Å². The third-order valence-corrected chi connectivity index (χ3v) is 1.97. The van der Waals surface area contributed by atoms with Crippen molar-refractivity contribution in [1.29, 1.82) is 0 Å². The molecule has 1 aliphatic rings. The molecule has 78 valence electrons. The van der Waals surface area contributed by atoms with Crippen LogP contribution in [0.3, 0.4) is 0 Å². The van der Waals surface area contributed by atoms with Gasteiger partial charge < -0.3 is 15.3 Å². The number of hydrogen-bond donors (Lipinski definition) is 2. The van der Waals surface area contributed by atoms with Crippen molar-refractivity contribution in [1.82, 2.24) is 10.2 Å². The fourth-order valence-corrected chi connectivity index (χ4v) is 1.25. The van der Waals surface area contributed by atoms with Gasteiger partial charge in [0.1, 0.15) is 6.23 Å². The molecule has 1 aliphatic heterocycles. The quantitative estimate of drug-likeness (QED) is 0.623. The molecule has 1 heterocycles. The molecule has 0 radical (unpaired) electrons. The number of carbonyl (C=O) groups excluding carboxylic acids is 2. The molecule has 1 rings (SSSR count). The molecule has 0 aromatic heterocycles. The van der Waals surface area contributed by atoms with Crippen LogP contribution in [-0.4, -0.2) is 41.1 Å². The van der Waals surface area contributed by atoms with Gasteiger partial charge in [-0.3, -0.25) is 9.59 Å². The molecule has 0 fully saturated rings. The summed E-state index contributed by atoms with van der Waals surface area (Å²) < 4.78 is 0. The third kappa shape index (κ3) is 2.56. The van der Waals surface area contributed by atoms with Crippen LogP contribution in [0.15, 0.2) is 12.2 Å². The normalized spacial score (nSPS) is 20.3. The maximum atomic E-state index is 11.1. The lowest BCUT2D eigenvalue weighted by atomic mass is 10.3. The lowest BCUT2D eigenvalue weighted by molar-refractivity contribution is -0.131. The second-order valence-electron chi connectivity index (χ2n) is 3.01. The summed E-state index contributed by atoms with van der Waals surface area (Å²) in [4.78, 5) is 23.4. The summed E-state index contributed by atoms with van der Waals surface area (Å²) in [6.45, 7) is 2.65. The van der Waals surface area contributed by atoms with E-state index in [-0.39, 0.29) is 24.8 Å². The highest BCUT2D eigenvalue weighted by molar-refractivity contribution is 5.90. The lowest BCUT2D eigenvalue weighted by Gasteiger charge is -2.19. The van der Waals surface area contributed by atoms with Crippen LogP contribution in [0, 0.1) is 0 Å². The molecule has 0 spiro atoms. The van der Waals surface area contributed by atoms with Crippen LogP contribution in [0.4, 0.5) is 0 Å². The van der Waals surface area contributed by atoms with E-state index in [2.05, 4.69) is 5.32 Å². The average molecular weight is 198 g/mol. The molecule has 1 unspecified atom stereocenters. The molecule has 5 nitrogen and oxygen atoms in total. The fraction of sp³-hybridized carbons (Fsp3) is 0.556. The zero-order valence-corrected chi connectivity index (χ0v) is 8.06. The highest BCUT2D eigenvalue weighted by Gasteiger charge is 2.23. The van der Waals surface area contributed by atoms with Gasteiger partial charge in [-0.2, -0.15) is 0 Å². The number of rotatable bonds is 4. The Kier molecular flexibility index (Phi) is 3.64. The predicted octanol–water partition coefficient (Wildman–Crippen LogP) is -0.771. The molecule has 0 aromatic carbocycles. The zero-order chi connectivity index (χ0) is 10.6. The summed E-state index contributed by atoms with van der Waals surface area (Å²) in [5.41, 5.74) is 0. The van der Waals surface area contributed by atoms with Gasteiger partial charge in [-0.25, -0.2) is 0 Å². The first-order valence-electron chi connectivity index (χ1n) is 4.58. The molecule has 0 saturated heterocycles. The standard InChI is InChI=1S/C9H14N2O3/c1-2-10-7(12)5-6-11-8(13)3-4-9(11)14/h3-4,8,13H,2,5-6H2,1H3,(H,10,12). The maximum absolute atomic E-state index is 11.1. The molecule has 14 heavy (non-hydrogen) atoms. The smallest absolute Gasteiger partial charge is 0.248 e. The van der Waals surface area contributed by atoms with Crippen molar-refractivity contribution in [2.24, 2.45) is 0 Å². The van der Waals surface area contributed by atoms with Crippen LogP contribution in [0.5, 0.6) is 0 Å². The second kappa shape index (κ2) is 4.76. The van der Waals surface area contributed by atoms with E-state index in [0.29, 0.717) is 6.54 Å². The van der Waals surface area contributed by atoms with Gasteiger partial charge in [0.2, 0.25) is 11.8 Å². The van der Waals surface area contributed by atoms with E-state index < -0.39 is 6.23 Å². The highest BCUT2D eigenvalue weighted by atomic mass is 16.3. The number of nitrogens with one attached hydrogen (secondary N) is 1. The highest BCUT2D eigenvalue weighted by Crippen LogP contribution is 2.08. The Morgan fingerprint density at radius 2 is 2.43 bits per heavy atom. The number of aliphatic hydroxyl groups is 1.